The van der Waals surface area contributed by atoms with Crippen molar-refractivity contribution >= 4 is 10.8 Å². The molecule has 0 fully saturated rings. The van der Waals surface area contributed by atoms with Gasteiger partial charge in [-0.05, 0) is 28.3 Å². The van der Waals surface area contributed by atoms with Crippen LogP contribution in [0.4, 0.5) is 0 Å². The van der Waals surface area contributed by atoms with E-state index in [0.717, 1.165) is 6.42 Å². The van der Waals surface area contributed by atoms with E-state index in [-0.39, 0.29) is 6.04 Å². The van der Waals surface area contributed by atoms with Gasteiger partial charge in [-0.1, -0.05) is 42.5 Å². The zero-order valence-electron chi connectivity index (χ0n) is 11.5. The number of rotatable bonds is 4. The van der Waals surface area contributed by atoms with E-state index >= 15 is 0 Å². The maximum atomic E-state index is 5.77. The van der Waals surface area contributed by atoms with E-state index in [9.17, 15) is 0 Å². The van der Waals surface area contributed by atoms with Crippen LogP contribution in [0.3, 0.4) is 0 Å². The molecule has 3 N–H and O–H groups in total. The Morgan fingerprint density at radius 3 is 2.75 bits per heavy atom. The first-order valence-electron chi connectivity index (χ1n) is 6.69. The third kappa shape index (κ3) is 2.43. The summed E-state index contributed by atoms with van der Waals surface area (Å²) >= 11 is 0. The number of nitrogens with zero attached hydrogens (tertiary/aromatic N) is 2. The summed E-state index contributed by atoms with van der Waals surface area (Å²) in [5, 5.41) is 6.68. The number of nitrogens with one attached hydrogen (secondary N) is 1. The highest BCUT2D eigenvalue weighted by Crippen LogP contribution is 2.26. The van der Waals surface area contributed by atoms with Crippen LogP contribution in [0, 0.1) is 0 Å². The van der Waals surface area contributed by atoms with Crippen molar-refractivity contribution in [2.24, 2.45) is 12.9 Å². The quantitative estimate of drug-likeness (QED) is 0.563. The summed E-state index contributed by atoms with van der Waals surface area (Å²) in [6, 6.07) is 14.8. The van der Waals surface area contributed by atoms with Gasteiger partial charge in [0.05, 0.1) is 12.2 Å². The van der Waals surface area contributed by atoms with Crippen LogP contribution >= 0.6 is 0 Å². The van der Waals surface area contributed by atoms with Crippen LogP contribution in [-0.4, -0.2) is 9.78 Å². The lowest BCUT2D eigenvalue weighted by atomic mass is 9.95. The van der Waals surface area contributed by atoms with Gasteiger partial charge in [0.2, 0.25) is 0 Å². The number of aryl methyl sites for hydroxylation is 1. The molecule has 1 heterocycles. The zero-order chi connectivity index (χ0) is 13.9. The van der Waals surface area contributed by atoms with Crippen LogP contribution in [-0.2, 0) is 13.5 Å². The van der Waals surface area contributed by atoms with Crippen LogP contribution in [0.15, 0.2) is 54.9 Å². The van der Waals surface area contributed by atoms with Gasteiger partial charge in [-0.25, -0.2) is 0 Å². The van der Waals surface area contributed by atoms with Gasteiger partial charge in [-0.3, -0.25) is 16.0 Å². The molecular formula is C16H18N4. The molecule has 102 valence electrons. The number of benzene rings is 2. The van der Waals surface area contributed by atoms with E-state index in [1.54, 1.807) is 0 Å². The summed E-state index contributed by atoms with van der Waals surface area (Å²) < 4.78 is 1.81. The minimum Gasteiger partial charge on any atom is -0.276 e. The molecule has 4 nitrogen and oxygen atoms in total. The molecule has 3 rings (SSSR count). The molecule has 1 aromatic heterocycles. The van der Waals surface area contributed by atoms with Gasteiger partial charge in [-0.15, -0.1) is 0 Å². The standard InChI is InChI=1S/C16H18N4/c1-20-11-12(10-18-20)9-16(19-17)15-8-4-6-13-5-2-3-7-14(13)15/h2-8,10-11,16,19H,9,17H2,1H3. The van der Waals surface area contributed by atoms with E-state index in [2.05, 4.69) is 53.0 Å². The Bertz CT molecular complexity index is 712. The van der Waals surface area contributed by atoms with E-state index in [1.165, 1.54) is 21.9 Å². The maximum Gasteiger partial charge on any atom is 0.0522 e. The average molecular weight is 266 g/mol. The minimum atomic E-state index is 0.0744. The second kappa shape index (κ2) is 5.45. The molecule has 20 heavy (non-hydrogen) atoms. The summed E-state index contributed by atoms with van der Waals surface area (Å²) in [4.78, 5) is 0. The van der Waals surface area contributed by atoms with Crippen molar-refractivity contribution in [2.45, 2.75) is 12.5 Å². The molecule has 0 spiro atoms. The fraction of sp³-hybridized carbons (Fsp3) is 0.188. The molecule has 0 aliphatic rings. The first-order chi connectivity index (χ1) is 9.78. The van der Waals surface area contributed by atoms with Crippen LogP contribution < -0.4 is 11.3 Å². The first kappa shape index (κ1) is 12.8. The van der Waals surface area contributed by atoms with Gasteiger partial charge in [0.15, 0.2) is 0 Å². The molecule has 0 aliphatic heterocycles. The highest BCUT2D eigenvalue weighted by atomic mass is 15.2. The Labute approximate surface area is 118 Å². The summed E-state index contributed by atoms with van der Waals surface area (Å²) in [6.07, 6.45) is 4.73. The fourth-order valence-electron chi connectivity index (χ4n) is 2.63. The lowest BCUT2D eigenvalue weighted by molar-refractivity contribution is 0.555. The fourth-order valence-corrected chi connectivity index (χ4v) is 2.63. The largest absolute Gasteiger partial charge is 0.276 e. The second-order valence-electron chi connectivity index (χ2n) is 5.01. The van der Waals surface area contributed by atoms with Gasteiger partial charge in [-0.2, -0.15) is 5.10 Å². The van der Waals surface area contributed by atoms with Gasteiger partial charge in [0.1, 0.15) is 0 Å². The molecule has 0 amide bonds. The van der Waals surface area contributed by atoms with Gasteiger partial charge in [0.25, 0.3) is 0 Å². The Morgan fingerprint density at radius 1 is 1.20 bits per heavy atom. The Balaban J connectivity index is 1.98. The smallest absolute Gasteiger partial charge is 0.0522 e. The Kier molecular flexibility index (Phi) is 3.50. The molecule has 0 bridgehead atoms. The number of fused-ring (bicyclic) bond motifs is 1. The van der Waals surface area contributed by atoms with Crippen molar-refractivity contribution in [3.05, 3.63) is 66.0 Å². The first-order valence-corrected chi connectivity index (χ1v) is 6.69. The molecule has 0 radical (unpaired) electrons. The minimum absolute atomic E-state index is 0.0744. The monoisotopic (exact) mass is 266 g/mol. The summed E-state index contributed by atoms with van der Waals surface area (Å²) in [6.45, 7) is 0. The zero-order valence-corrected chi connectivity index (χ0v) is 11.5. The van der Waals surface area contributed by atoms with E-state index in [4.69, 9.17) is 5.84 Å². The molecular weight excluding hydrogens is 248 g/mol. The van der Waals surface area contributed by atoms with Crippen LogP contribution in [0.25, 0.3) is 10.8 Å². The highest BCUT2D eigenvalue weighted by molar-refractivity contribution is 5.86. The van der Waals surface area contributed by atoms with Crippen molar-refractivity contribution in [3.63, 3.8) is 0 Å². The molecule has 1 atom stereocenters. The average Bonchev–Trinajstić information content (AvgIpc) is 2.89. The second-order valence-corrected chi connectivity index (χ2v) is 5.01. The van der Waals surface area contributed by atoms with Gasteiger partial charge >= 0.3 is 0 Å². The van der Waals surface area contributed by atoms with Crippen molar-refractivity contribution in [2.75, 3.05) is 0 Å². The topological polar surface area (TPSA) is 55.9 Å². The molecule has 3 aromatic rings. The van der Waals surface area contributed by atoms with Gasteiger partial charge in [0, 0.05) is 13.2 Å². The number of hydrogen-bond donors (Lipinski definition) is 2. The molecule has 0 saturated carbocycles. The van der Waals surface area contributed by atoms with E-state index in [0.29, 0.717) is 0 Å². The Morgan fingerprint density at radius 2 is 2.00 bits per heavy atom. The van der Waals surface area contributed by atoms with Gasteiger partial charge < -0.3 is 0 Å². The molecule has 0 saturated heterocycles. The SMILES string of the molecule is Cn1cc(CC(NN)c2cccc3ccccc23)cn1. The lowest BCUT2D eigenvalue weighted by Crippen LogP contribution is -2.29. The van der Waals surface area contributed by atoms with Crippen molar-refractivity contribution < 1.29 is 0 Å². The molecule has 1 unspecified atom stereocenters. The van der Waals surface area contributed by atoms with Crippen LogP contribution in [0.2, 0.25) is 0 Å². The molecule has 2 aromatic carbocycles. The predicted octanol–water partition coefficient (Wildman–Crippen LogP) is 2.32. The molecule has 0 aliphatic carbocycles. The third-order valence-corrected chi connectivity index (χ3v) is 3.60. The van der Waals surface area contributed by atoms with Crippen molar-refractivity contribution in [1.29, 1.82) is 0 Å². The normalized spacial score (nSPS) is 12.7. The summed E-state index contributed by atoms with van der Waals surface area (Å²) in [5.41, 5.74) is 5.32. The number of hydrazine groups is 1. The highest BCUT2D eigenvalue weighted by Gasteiger charge is 2.14. The van der Waals surface area contributed by atoms with Crippen LogP contribution in [0.1, 0.15) is 17.2 Å². The Hall–Kier alpha value is -2.17. The predicted molar refractivity (Wildman–Crippen MR) is 80.9 cm³/mol. The van der Waals surface area contributed by atoms with E-state index < -0.39 is 0 Å². The van der Waals surface area contributed by atoms with Crippen molar-refractivity contribution in [1.82, 2.24) is 15.2 Å². The number of nitrogens with two attached hydrogens (primary N) is 1. The summed E-state index contributed by atoms with van der Waals surface area (Å²) in [7, 11) is 1.92. The summed E-state index contributed by atoms with van der Waals surface area (Å²) in [5.74, 6) is 5.77. The molecule has 4 heteroatoms. The third-order valence-electron chi connectivity index (χ3n) is 3.60. The van der Waals surface area contributed by atoms with Crippen molar-refractivity contribution in [3.8, 4) is 0 Å². The number of aromatic nitrogens is 2. The van der Waals surface area contributed by atoms with E-state index in [1.807, 2.05) is 24.1 Å². The maximum absolute atomic E-state index is 5.77. The van der Waals surface area contributed by atoms with Crippen LogP contribution in [0.5, 0.6) is 0 Å². The lowest BCUT2D eigenvalue weighted by Gasteiger charge is -2.17. The number of hydrogen-bond acceptors (Lipinski definition) is 3.